The van der Waals surface area contributed by atoms with Gasteiger partial charge in [-0.3, -0.25) is 4.79 Å². The number of hydrogen-bond acceptors (Lipinski definition) is 3. The highest BCUT2D eigenvalue weighted by atomic mass is 19.4. The zero-order valence-corrected chi connectivity index (χ0v) is 9.45. The number of carbonyl (C=O) groups is 1. The molecule has 0 radical (unpaired) electrons. The number of amides is 1. The summed E-state index contributed by atoms with van der Waals surface area (Å²) in [5, 5.41) is 6.61. The van der Waals surface area contributed by atoms with Crippen molar-refractivity contribution >= 4 is 5.91 Å². The van der Waals surface area contributed by atoms with Crippen molar-refractivity contribution in [3.63, 3.8) is 0 Å². The third-order valence-corrected chi connectivity index (χ3v) is 2.48. The molecule has 2 N–H and O–H groups in total. The fraction of sp³-hybridized carbons (Fsp3) is 0.667. The van der Waals surface area contributed by atoms with Crippen LogP contribution in [-0.4, -0.2) is 20.9 Å². The van der Waals surface area contributed by atoms with E-state index < -0.39 is 29.5 Å². The highest BCUT2D eigenvalue weighted by Gasteiger charge is 2.42. The van der Waals surface area contributed by atoms with Gasteiger partial charge in [0.05, 0.1) is 6.04 Å². The number of nitrogens with two attached hydrogens (primary N) is 1. The molecule has 1 aromatic rings. The van der Waals surface area contributed by atoms with E-state index in [0.29, 0.717) is 12.8 Å². The maximum Gasteiger partial charge on any atom is 0.435 e. The van der Waals surface area contributed by atoms with Crippen molar-refractivity contribution in [1.82, 2.24) is 15.0 Å². The predicted octanol–water partition coefficient (Wildman–Crippen LogP) is 1.76. The van der Waals surface area contributed by atoms with Gasteiger partial charge in [0.2, 0.25) is 0 Å². The van der Waals surface area contributed by atoms with Gasteiger partial charge in [0, 0.05) is 0 Å². The van der Waals surface area contributed by atoms with E-state index in [1.165, 1.54) is 0 Å². The molecule has 0 aliphatic carbocycles. The molecule has 96 valence electrons. The Labute approximate surface area is 95.8 Å². The number of carbonyl (C=O) groups excluding carboxylic acids is 1. The maximum absolute atomic E-state index is 12.8. The second-order valence-corrected chi connectivity index (χ2v) is 3.56. The zero-order chi connectivity index (χ0) is 13.2. The van der Waals surface area contributed by atoms with Gasteiger partial charge in [-0.25, -0.2) is 4.68 Å². The average Bonchev–Trinajstić information content (AvgIpc) is 2.63. The summed E-state index contributed by atoms with van der Waals surface area (Å²) in [6.45, 7) is 3.47. The molecule has 0 aliphatic rings. The van der Waals surface area contributed by atoms with E-state index in [-0.39, 0.29) is 0 Å². The molecule has 1 heterocycles. The SMILES string of the molecule is CCC(CC)n1nnc(C(N)=O)c1C(F)(F)F. The van der Waals surface area contributed by atoms with E-state index in [0.717, 1.165) is 4.68 Å². The Bertz CT molecular complexity index is 409. The average molecular weight is 250 g/mol. The molecule has 0 bridgehead atoms. The molecule has 0 fully saturated rings. The van der Waals surface area contributed by atoms with Gasteiger partial charge in [-0.05, 0) is 12.8 Å². The lowest BCUT2D eigenvalue weighted by atomic mass is 10.1. The van der Waals surface area contributed by atoms with Gasteiger partial charge in [-0.1, -0.05) is 19.1 Å². The Balaban J connectivity index is 3.37. The number of halogens is 3. The molecule has 0 aromatic carbocycles. The van der Waals surface area contributed by atoms with E-state index in [9.17, 15) is 18.0 Å². The van der Waals surface area contributed by atoms with E-state index in [1.807, 2.05) is 0 Å². The Morgan fingerprint density at radius 2 is 1.94 bits per heavy atom. The Kier molecular flexibility index (Phi) is 3.74. The molecule has 1 aromatic heterocycles. The summed E-state index contributed by atoms with van der Waals surface area (Å²) in [6.07, 6.45) is -3.78. The van der Waals surface area contributed by atoms with Crippen LogP contribution in [0.4, 0.5) is 13.2 Å². The molecular weight excluding hydrogens is 237 g/mol. The number of nitrogens with zero attached hydrogens (tertiary/aromatic N) is 3. The third-order valence-electron chi connectivity index (χ3n) is 2.48. The van der Waals surface area contributed by atoms with Crippen molar-refractivity contribution in [3.8, 4) is 0 Å². The van der Waals surface area contributed by atoms with Gasteiger partial charge in [-0.2, -0.15) is 13.2 Å². The van der Waals surface area contributed by atoms with Gasteiger partial charge >= 0.3 is 6.18 Å². The Hall–Kier alpha value is -1.60. The van der Waals surface area contributed by atoms with Crippen LogP contribution >= 0.6 is 0 Å². The Morgan fingerprint density at radius 1 is 1.41 bits per heavy atom. The molecule has 0 aliphatic heterocycles. The van der Waals surface area contributed by atoms with Crippen molar-refractivity contribution < 1.29 is 18.0 Å². The second-order valence-electron chi connectivity index (χ2n) is 3.56. The van der Waals surface area contributed by atoms with Crippen molar-refractivity contribution in [1.29, 1.82) is 0 Å². The lowest BCUT2D eigenvalue weighted by molar-refractivity contribution is -0.145. The van der Waals surface area contributed by atoms with Crippen LogP contribution in [0.2, 0.25) is 0 Å². The van der Waals surface area contributed by atoms with Crippen LogP contribution in [0.1, 0.15) is 48.9 Å². The smallest absolute Gasteiger partial charge is 0.364 e. The minimum Gasteiger partial charge on any atom is -0.364 e. The molecule has 0 saturated heterocycles. The molecule has 17 heavy (non-hydrogen) atoms. The van der Waals surface area contributed by atoms with Crippen molar-refractivity contribution in [2.45, 2.75) is 38.9 Å². The number of alkyl halides is 3. The lowest BCUT2D eigenvalue weighted by Gasteiger charge is -2.17. The van der Waals surface area contributed by atoms with Gasteiger partial charge in [0.25, 0.3) is 5.91 Å². The van der Waals surface area contributed by atoms with Crippen molar-refractivity contribution in [2.24, 2.45) is 5.73 Å². The molecule has 0 saturated carbocycles. The van der Waals surface area contributed by atoms with Gasteiger partial charge in [0.1, 0.15) is 0 Å². The van der Waals surface area contributed by atoms with Crippen LogP contribution in [0.25, 0.3) is 0 Å². The topological polar surface area (TPSA) is 73.8 Å². The molecular formula is C9H13F3N4O. The summed E-state index contributed by atoms with van der Waals surface area (Å²) in [5.74, 6) is -1.23. The van der Waals surface area contributed by atoms with Crippen molar-refractivity contribution in [3.05, 3.63) is 11.4 Å². The fourth-order valence-corrected chi connectivity index (χ4v) is 1.61. The van der Waals surface area contributed by atoms with Gasteiger partial charge in [0.15, 0.2) is 11.4 Å². The van der Waals surface area contributed by atoms with E-state index >= 15 is 0 Å². The number of rotatable bonds is 4. The van der Waals surface area contributed by atoms with Gasteiger partial charge in [-0.15, -0.1) is 5.10 Å². The monoisotopic (exact) mass is 250 g/mol. The molecule has 5 nitrogen and oxygen atoms in total. The lowest BCUT2D eigenvalue weighted by Crippen LogP contribution is -2.23. The standard InChI is InChI=1S/C9H13F3N4O/c1-3-5(4-2)16-7(9(10,11)12)6(8(13)17)14-15-16/h5H,3-4H2,1-2H3,(H2,13,17). The number of primary amides is 1. The first-order valence-corrected chi connectivity index (χ1v) is 5.15. The Morgan fingerprint density at radius 3 is 2.29 bits per heavy atom. The molecule has 8 heteroatoms. The van der Waals surface area contributed by atoms with Crippen LogP contribution < -0.4 is 5.73 Å². The quantitative estimate of drug-likeness (QED) is 0.884. The van der Waals surface area contributed by atoms with Crippen LogP contribution in [0.3, 0.4) is 0 Å². The van der Waals surface area contributed by atoms with Crippen LogP contribution in [-0.2, 0) is 6.18 Å². The molecule has 1 amide bonds. The molecule has 0 unspecified atom stereocenters. The summed E-state index contributed by atoms with van der Waals surface area (Å²) in [6, 6.07) is -0.452. The highest BCUT2D eigenvalue weighted by Crippen LogP contribution is 2.33. The van der Waals surface area contributed by atoms with E-state index in [2.05, 4.69) is 10.3 Å². The summed E-state index contributed by atoms with van der Waals surface area (Å²) >= 11 is 0. The number of aromatic nitrogens is 3. The first-order chi connectivity index (χ1) is 7.82. The van der Waals surface area contributed by atoms with E-state index in [4.69, 9.17) is 5.73 Å². The minimum atomic E-state index is -4.70. The molecule has 1 rings (SSSR count). The third kappa shape index (κ3) is 2.56. The second kappa shape index (κ2) is 4.72. The van der Waals surface area contributed by atoms with Crippen LogP contribution in [0, 0.1) is 0 Å². The summed E-state index contributed by atoms with van der Waals surface area (Å²) in [7, 11) is 0. The molecule has 0 atom stereocenters. The first kappa shape index (κ1) is 13.5. The normalized spacial score (nSPS) is 12.1. The van der Waals surface area contributed by atoms with Crippen LogP contribution in [0.5, 0.6) is 0 Å². The first-order valence-electron chi connectivity index (χ1n) is 5.15. The fourth-order valence-electron chi connectivity index (χ4n) is 1.61. The summed E-state index contributed by atoms with van der Waals surface area (Å²) < 4.78 is 39.2. The van der Waals surface area contributed by atoms with Gasteiger partial charge < -0.3 is 5.73 Å². The largest absolute Gasteiger partial charge is 0.435 e. The zero-order valence-electron chi connectivity index (χ0n) is 9.45. The molecule has 0 spiro atoms. The predicted molar refractivity (Wildman–Crippen MR) is 53.2 cm³/mol. The summed E-state index contributed by atoms with van der Waals surface area (Å²) in [5.41, 5.74) is 2.86. The summed E-state index contributed by atoms with van der Waals surface area (Å²) in [4.78, 5) is 10.9. The van der Waals surface area contributed by atoms with E-state index in [1.54, 1.807) is 13.8 Å². The van der Waals surface area contributed by atoms with Crippen molar-refractivity contribution in [2.75, 3.05) is 0 Å². The number of hydrogen-bond donors (Lipinski definition) is 1. The minimum absolute atomic E-state index is 0.452. The highest BCUT2D eigenvalue weighted by molar-refractivity contribution is 5.91. The van der Waals surface area contributed by atoms with Crippen LogP contribution in [0.15, 0.2) is 0 Å². The maximum atomic E-state index is 12.8.